The maximum absolute atomic E-state index is 11.4. The van der Waals surface area contributed by atoms with Crippen molar-refractivity contribution in [2.45, 2.75) is 20.8 Å². The van der Waals surface area contributed by atoms with Crippen LogP contribution in [0.25, 0.3) is 22.9 Å². The number of aromatic nitrogens is 2. The molecule has 0 fully saturated rings. The fraction of sp³-hybridized carbons (Fsp3) is 0.182. The number of hydrogen-bond donors (Lipinski definition) is 0. The fourth-order valence-corrected chi connectivity index (χ4v) is 2.78. The lowest BCUT2D eigenvalue weighted by molar-refractivity contribution is -0.137. The SMILES string of the molecule is CCOC(=O)/C=C/c1ccc(-c2ccc(-n3ccc(C)n3)c(C)c2)cc1. The maximum Gasteiger partial charge on any atom is 0.330 e. The first kappa shape index (κ1) is 17.7. The highest BCUT2D eigenvalue weighted by Crippen LogP contribution is 2.24. The van der Waals surface area contributed by atoms with E-state index in [0.29, 0.717) is 6.61 Å². The average Bonchev–Trinajstić information content (AvgIpc) is 3.06. The van der Waals surface area contributed by atoms with Crippen LogP contribution in [0.3, 0.4) is 0 Å². The Morgan fingerprint density at radius 3 is 2.42 bits per heavy atom. The molecule has 3 aromatic rings. The van der Waals surface area contributed by atoms with Crippen molar-refractivity contribution in [3.8, 4) is 16.8 Å². The summed E-state index contributed by atoms with van der Waals surface area (Å²) in [5.41, 5.74) is 6.48. The van der Waals surface area contributed by atoms with Crippen LogP contribution in [0, 0.1) is 13.8 Å². The number of ether oxygens (including phenoxy) is 1. The summed E-state index contributed by atoms with van der Waals surface area (Å²) in [6.07, 6.45) is 5.18. The van der Waals surface area contributed by atoms with Gasteiger partial charge in [0.05, 0.1) is 18.0 Å². The Kier molecular flexibility index (Phi) is 5.32. The van der Waals surface area contributed by atoms with Gasteiger partial charge in [-0.25, -0.2) is 9.48 Å². The third-order valence-corrected chi connectivity index (χ3v) is 4.11. The number of hydrogen-bond acceptors (Lipinski definition) is 3. The molecule has 0 saturated heterocycles. The number of esters is 1. The van der Waals surface area contributed by atoms with E-state index < -0.39 is 0 Å². The summed E-state index contributed by atoms with van der Waals surface area (Å²) in [7, 11) is 0. The summed E-state index contributed by atoms with van der Waals surface area (Å²) in [5, 5.41) is 4.47. The standard InChI is InChI=1S/C22H22N2O2/c1-4-26-22(25)12-7-18-5-8-19(9-6-18)20-10-11-21(16(2)15-20)24-14-13-17(3)23-24/h5-15H,4H2,1-3H3/b12-7+. The quantitative estimate of drug-likeness (QED) is 0.495. The van der Waals surface area contributed by atoms with Crippen LogP contribution >= 0.6 is 0 Å². The van der Waals surface area contributed by atoms with Crippen molar-refractivity contribution in [2.24, 2.45) is 0 Å². The maximum atomic E-state index is 11.4. The minimum Gasteiger partial charge on any atom is -0.463 e. The van der Waals surface area contributed by atoms with Gasteiger partial charge in [-0.2, -0.15) is 5.10 Å². The van der Waals surface area contributed by atoms with Crippen LogP contribution < -0.4 is 0 Å². The summed E-state index contributed by atoms with van der Waals surface area (Å²) >= 11 is 0. The molecule has 0 aliphatic carbocycles. The highest BCUT2D eigenvalue weighted by molar-refractivity contribution is 5.87. The molecular formula is C22H22N2O2. The number of benzene rings is 2. The van der Waals surface area contributed by atoms with Crippen molar-refractivity contribution >= 4 is 12.0 Å². The van der Waals surface area contributed by atoms with Gasteiger partial charge in [-0.15, -0.1) is 0 Å². The summed E-state index contributed by atoms with van der Waals surface area (Å²) in [6, 6.07) is 16.4. The lowest BCUT2D eigenvalue weighted by Crippen LogP contribution is -1.98. The van der Waals surface area contributed by atoms with Crippen LogP contribution in [0.1, 0.15) is 23.7 Å². The average molecular weight is 346 g/mol. The van der Waals surface area contributed by atoms with Crippen molar-refractivity contribution < 1.29 is 9.53 Å². The van der Waals surface area contributed by atoms with Gasteiger partial charge >= 0.3 is 5.97 Å². The van der Waals surface area contributed by atoms with Gasteiger partial charge in [-0.1, -0.05) is 30.3 Å². The second kappa shape index (κ2) is 7.83. The number of aryl methyl sites for hydroxylation is 2. The summed E-state index contributed by atoms with van der Waals surface area (Å²) in [4.78, 5) is 11.4. The smallest absolute Gasteiger partial charge is 0.330 e. The zero-order valence-corrected chi connectivity index (χ0v) is 15.3. The normalized spacial score (nSPS) is 11.0. The van der Waals surface area contributed by atoms with E-state index in [4.69, 9.17) is 4.74 Å². The minimum absolute atomic E-state index is 0.323. The molecule has 132 valence electrons. The Morgan fingerprint density at radius 1 is 1.08 bits per heavy atom. The molecule has 26 heavy (non-hydrogen) atoms. The van der Waals surface area contributed by atoms with Crippen LogP contribution in [0.2, 0.25) is 0 Å². The first-order valence-corrected chi connectivity index (χ1v) is 8.65. The van der Waals surface area contributed by atoms with Gasteiger partial charge < -0.3 is 4.74 Å². The molecule has 2 aromatic carbocycles. The predicted octanol–water partition coefficient (Wildman–Crippen LogP) is 4.73. The van der Waals surface area contributed by atoms with Crippen molar-refractivity contribution in [3.05, 3.63) is 77.6 Å². The van der Waals surface area contributed by atoms with E-state index >= 15 is 0 Å². The summed E-state index contributed by atoms with van der Waals surface area (Å²) in [6.45, 7) is 6.25. The Labute approximate surface area is 153 Å². The molecule has 4 nitrogen and oxygen atoms in total. The Balaban J connectivity index is 1.79. The number of nitrogens with zero attached hydrogens (tertiary/aromatic N) is 2. The fourth-order valence-electron chi connectivity index (χ4n) is 2.78. The Hall–Kier alpha value is -3.14. The Bertz CT molecular complexity index is 937. The van der Waals surface area contributed by atoms with Gasteiger partial charge in [0.2, 0.25) is 0 Å². The highest BCUT2D eigenvalue weighted by atomic mass is 16.5. The molecule has 1 aromatic heterocycles. The third-order valence-electron chi connectivity index (χ3n) is 4.11. The predicted molar refractivity (Wildman–Crippen MR) is 104 cm³/mol. The van der Waals surface area contributed by atoms with E-state index in [0.717, 1.165) is 33.6 Å². The van der Waals surface area contributed by atoms with Gasteiger partial charge in [0, 0.05) is 12.3 Å². The molecule has 0 amide bonds. The summed E-state index contributed by atoms with van der Waals surface area (Å²) in [5.74, 6) is -0.323. The molecule has 3 rings (SSSR count). The monoisotopic (exact) mass is 346 g/mol. The largest absolute Gasteiger partial charge is 0.463 e. The van der Waals surface area contributed by atoms with Crippen molar-refractivity contribution in [3.63, 3.8) is 0 Å². The van der Waals surface area contributed by atoms with Gasteiger partial charge in [0.1, 0.15) is 0 Å². The first-order chi connectivity index (χ1) is 12.6. The summed E-state index contributed by atoms with van der Waals surface area (Å²) < 4.78 is 6.79. The van der Waals surface area contributed by atoms with Gasteiger partial charge in [-0.3, -0.25) is 0 Å². The van der Waals surface area contributed by atoms with Crippen molar-refractivity contribution in [1.29, 1.82) is 0 Å². The molecule has 0 bridgehead atoms. The highest BCUT2D eigenvalue weighted by Gasteiger charge is 2.05. The zero-order valence-electron chi connectivity index (χ0n) is 15.3. The molecule has 0 unspecified atom stereocenters. The minimum atomic E-state index is -0.323. The molecule has 0 N–H and O–H groups in total. The van der Waals surface area contributed by atoms with E-state index in [1.165, 1.54) is 6.08 Å². The third kappa shape index (κ3) is 4.09. The van der Waals surface area contributed by atoms with Crippen LogP contribution in [-0.2, 0) is 9.53 Å². The Morgan fingerprint density at radius 2 is 1.81 bits per heavy atom. The van der Waals surface area contributed by atoms with Gasteiger partial charge in [-0.05, 0) is 67.3 Å². The molecule has 0 aliphatic rings. The second-order valence-corrected chi connectivity index (χ2v) is 6.11. The van der Waals surface area contributed by atoms with E-state index in [2.05, 4.69) is 42.4 Å². The lowest BCUT2D eigenvalue weighted by atomic mass is 10.0. The molecule has 0 saturated carbocycles. The first-order valence-electron chi connectivity index (χ1n) is 8.65. The number of rotatable bonds is 5. The van der Waals surface area contributed by atoms with Crippen molar-refractivity contribution in [1.82, 2.24) is 9.78 Å². The zero-order chi connectivity index (χ0) is 18.5. The topological polar surface area (TPSA) is 44.1 Å². The van der Waals surface area contributed by atoms with Gasteiger partial charge in [0.15, 0.2) is 0 Å². The van der Waals surface area contributed by atoms with E-state index in [1.54, 1.807) is 13.0 Å². The van der Waals surface area contributed by atoms with Crippen LogP contribution in [0.4, 0.5) is 0 Å². The lowest BCUT2D eigenvalue weighted by Gasteiger charge is -2.09. The van der Waals surface area contributed by atoms with E-state index in [1.807, 2.05) is 36.0 Å². The van der Waals surface area contributed by atoms with Crippen LogP contribution in [0.5, 0.6) is 0 Å². The molecule has 4 heteroatoms. The van der Waals surface area contributed by atoms with Gasteiger partial charge in [0.25, 0.3) is 0 Å². The number of carbonyl (C=O) groups excluding carboxylic acids is 1. The molecule has 1 heterocycles. The molecule has 0 radical (unpaired) electrons. The molecule has 0 aliphatic heterocycles. The molecule has 0 spiro atoms. The molecular weight excluding hydrogens is 324 g/mol. The van der Waals surface area contributed by atoms with E-state index in [9.17, 15) is 4.79 Å². The molecule has 0 atom stereocenters. The second-order valence-electron chi connectivity index (χ2n) is 6.11. The van der Waals surface area contributed by atoms with Crippen molar-refractivity contribution in [2.75, 3.05) is 6.61 Å². The van der Waals surface area contributed by atoms with Crippen LogP contribution in [-0.4, -0.2) is 22.4 Å². The van der Waals surface area contributed by atoms with Crippen LogP contribution in [0.15, 0.2) is 60.8 Å². The number of carbonyl (C=O) groups is 1. The van der Waals surface area contributed by atoms with E-state index in [-0.39, 0.29) is 5.97 Å².